The topological polar surface area (TPSA) is 96.0 Å². The second-order valence-corrected chi connectivity index (χ2v) is 6.79. The zero-order valence-corrected chi connectivity index (χ0v) is 16.0. The molecule has 2 aromatic rings. The second-order valence-electron chi connectivity index (χ2n) is 6.79. The number of benzene rings is 1. The summed E-state index contributed by atoms with van der Waals surface area (Å²) >= 11 is 0. The lowest BCUT2D eigenvalue weighted by atomic mass is 9.97. The Morgan fingerprint density at radius 3 is 2.68 bits per heavy atom. The van der Waals surface area contributed by atoms with Crippen molar-refractivity contribution in [1.82, 2.24) is 15.3 Å². The van der Waals surface area contributed by atoms with Crippen LogP contribution < -0.4 is 16.0 Å². The van der Waals surface area contributed by atoms with Crippen LogP contribution in [0, 0.1) is 0 Å². The van der Waals surface area contributed by atoms with Gasteiger partial charge in [0, 0.05) is 24.8 Å². The predicted molar refractivity (Wildman–Crippen MR) is 110 cm³/mol. The molecule has 3 N–H and O–H groups in total. The van der Waals surface area contributed by atoms with Gasteiger partial charge in [-0.25, -0.2) is 9.97 Å². The average Bonchev–Trinajstić information content (AvgIpc) is 2.69. The first-order chi connectivity index (χ1) is 13.6. The highest BCUT2D eigenvalue weighted by atomic mass is 16.2. The van der Waals surface area contributed by atoms with Gasteiger partial charge in [0.25, 0.3) is 5.91 Å². The van der Waals surface area contributed by atoms with Crippen molar-refractivity contribution in [3.8, 4) is 0 Å². The lowest BCUT2D eigenvalue weighted by molar-refractivity contribution is -0.114. The van der Waals surface area contributed by atoms with Crippen molar-refractivity contribution in [2.24, 2.45) is 0 Å². The summed E-state index contributed by atoms with van der Waals surface area (Å²) in [6.45, 7) is 2.07. The predicted octanol–water partition coefficient (Wildman–Crippen LogP) is 3.80. The molecule has 1 aliphatic rings. The molecule has 1 aromatic heterocycles. The van der Waals surface area contributed by atoms with E-state index in [-0.39, 0.29) is 17.5 Å². The molecular weight excluding hydrogens is 354 g/mol. The Morgan fingerprint density at radius 2 is 1.96 bits per heavy atom. The van der Waals surface area contributed by atoms with Gasteiger partial charge in [0.1, 0.15) is 11.5 Å². The summed E-state index contributed by atoms with van der Waals surface area (Å²) in [5, 5.41) is 8.73. The van der Waals surface area contributed by atoms with Gasteiger partial charge in [0.2, 0.25) is 5.91 Å². The van der Waals surface area contributed by atoms with Crippen LogP contribution in [0.5, 0.6) is 0 Å². The number of hydrogen-bond donors (Lipinski definition) is 3. The number of amides is 2. The molecule has 0 radical (unpaired) electrons. The minimum absolute atomic E-state index is 0.132. The molecule has 2 amide bonds. The number of nitrogens with one attached hydrogen (secondary N) is 3. The van der Waals surface area contributed by atoms with E-state index in [1.54, 1.807) is 12.1 Å². The van der Waals surface area contributed by atoms with Crippen LogP contribution in [0.3, 0.4) is 0 Å². The van der Waals surface area contributed by atoms with E-state index in [2.05, 4.69) is 32.0 Å². The summed E-state index contributed by atoms with van der Waals surface area (Å²) in [4.78, 5) is 31.8. The van der Waals surface area contributed by atoms with E-state index in [1.165, 1.54) is 37.7 Å². The Kier molecular flexibility index (Phi) is 6.73. The molecule has 0 unspecified atom stereocenters. The summed E-state index contributed by atoms with van der Waals surface area (Å²) in [6.07, 6.45) is 11.0. The fourth-order valence-corrected chi connectivity index (χ4v) is 3.09. The van der Waals surface area contributed by atoms with Crippen molar-refractivity contribution >= 4 is 29.0 Å². The summed E-state index contributed by atoms with van der Waals surface area (Å²) in [5.74, 6) is 0.166. The third-order valence-electron chi connectivity index (χ3n) is 4.46. The van der Waals surface area contributed by atoms with E-state index in [4.69, 9.17) is 0 Å². The first-order valence-electron chi connectivity index (χ1n) is 9.53. The third-order valence-corrected chi connectivity index (χ3v) is 4.46. The van der Waals surface area contributed by atoms with Crippen molar-refractivity contribution in [1.29, 1.82) is 0 Å². The molecule has 0 spiro atoms. The Hall–Kier alpha value is -3.22. The van der Waals surface area contributed by atoms with Crippen molar-refractivity contribution in [2.45, 2.75) is 39.0 Å². The third kappa shape index (κ3) is 5.90. The molecule has 1 heterocycles. The summed E-state index contributed by atoms with van der Waals surface area (Å²) in [7, 11) is 0. The van der Waals surface area contributed by atoms with Crippen LogP contribution in [-0.4, -0.2) is 28.3 Å². The lowest BCUT2D eigenvalue weighted by Gasteiger charge is -2.12. The number of aromatic nitrogens is 2. The molecule has 7 heteroatoms. The van der Waals surface area contributed by atoms with Crippen LogP contribution in [0.25, 0.3) is 0 Å². The van der Waals surface area contributed by atoms with Crippen molar-refractivity contribution in [2.75, 3.05) is 17.2 Å². The largest absolute Gasteiger partial charge is 0.350 e. The van der Waals surface area contributed by atoms with Gasteiger partial charge >= 0.3 is 0 Å². The van der Waals surface area contributed by atoms with E-state index >= 15 is 0 Å². The first kappa shape index (κ1) is 19.5. The monoisotopic (exact) mass is 379 g/mol. The molecule has 1 aliphatic carbocycles. The normalized spacial score (nSPS) is 13.4. The maximum atomic E-state index is 12.2. The SMILES string of the molecule is CC(=O)Nc1cccc(Nc2cnc(C(=O)NCCC3=CCCCC3)cn2)c1. The van der Waals surface area contributed by atoms with Gasteiger partial charge in [-0.2, -0.15) is 0 Å². The van der Waals surface area contributed by atoms with Gasteiger partial charge in [0.05, 0.1) is 12.4 Å². The van der Waals surface area contributed by atoms with Crippen molar-refractivity contribution in [3.63, 3.8) is 0 Å². The van der Waals surface area contributed by atoms with Gasteiger partial charge < -0.3 is 16.0 Å². The molecular formula is C21H25N5O2. The first-order valence-corrected chi connectivity index (χ1v) is 9.53. The Labute approximate surface area is 164 Å². The minimum Gasteiger partial charge on any atom is -0.350 e. The highest BCUT2D eigenvalue weighted by molar-refractivity contribution is 5.92. The van der Waals surface area contributed by atoms with E-state index in [1.807, 2.05) is 12.1 Å². The quantitative estimate of drug-likeness (QED) is 0.636. The fraction of sp³-hybridized carbons (Fsp3) is 0.333. The zero-order valence-electron chi connectivity index (χ0n) is 16.0. The Balaban J connectivity index is 1.52. The van der Waals surface area contributed by atoms with Gasteiger partial charge in [-0.1, -0.05) is 17.7 Å². The van der Waals surface area contributed by atoms with Crippen LogP contribution in [0.15, 0.2) is 48.3 Å². The molecule has 0 saturated heterocycles. The molecule has 146 valence electrons. The number of anilines is 3. The Bertz CT molecular complexity index is 861. The van der Waals surface area contributed by atoms with Gasteiger partial charge in [0.15, 0.2) is 0 Å². The van der Waals surface area contributed by atoms with E-state index < -0.39 is 0 Å². The van der Waals surface area contributed by atoms with Gasteiger partial charge in [-0.05, 0) is 50.3 Å². The van der Waals surface area contributed by atoms with Crippen LogP contribution >= 0.6 is 0 Å². The number of allylic oxidation sites excluding steroid dienone is 1. The summed E-state index contributed by atoms with van der Waals surface area (Å²) < 4.78 is 0. The molecule has 0 saturated carbocycles. The lowest BCUT2D eigenvalue weighted by Crippen LogP contribution is -2.26. The average molecular weight is 379 g/mol. The molecule has 0 atom stereocenters. The summed E-state index contributed by atoms with van der Waals surface area (Å²) in [5.41, 5.74) is 3.17. The number of carbonyl (C=O) groups is 2. The maximum Gasteiger partial charge on any atom is 0.271 e. The molecule has 3 rings (SSSR count). The fourth-order valence-electron chi connectivity index (χ4n) is 3.09. The van der Waals surface area contributed by atoms with Crippen molar-refractivity contribution < 1.29 is 9.59 Å². The van der Waals surface area contributed by atoms with E-state index in [9.17, 15) is 9.59 Å². The molecule has 0 fully saturated rings. The van der Waals surface area contributed by atoms with E-state index in [0.717, 1.165) is 24.9 Å². The number of carbonyl (C=O) groups excluding carboxylic acids is 2. The molecule has 0 bridgehead atoms. The van der Waals surface area contributed by atoms with Crippen LogP contribution in [-0.2, 0) is 4.79 Å². The number of hydrogen-bond acceptors (Lipinski definition) is 5. The molecule has 7 nitrogen and oxygen atoms in total. The maximum absolute atomic E-state index is 12.2. The van der Waals surface area contributed by atoms with Crippen molar-refractivity contribution in [3.05, 3.63) is 54.0 Å². The standard InChI is InChI=1S/C21H25N5O2/c1-15(27)25-17-8-5-9-18(12-17)26-20-14-23-19(13-24-20)21(28)22-11-10-16-6-3-2-4-7-16/h5-6,8-9,12-14H,2-4,7,10-11H2,1H3,(H,22,28)(H,24,26)(H,25,27). The van der Waals surface area contributed by atoms with Gasteiger partial charge in [-0.15, -0.1) is 0 Å². The van der Waals surface area contributed by atoms with Crippen LogP contribution in [0.4, 0.5) is 17.2 Å². The Morgan fingerprint density at radius 1 is 1.11 bits per heavy atom. The molecule has 1 aromatic carbocycles. The van der Waals surface area contributed by atoms with Crippen LogP contribution in [0.1, 0.15) is 49.5 Å². The van der Waals surface area contributed by atoms with Crippen LogP contribution in [0.2, 0.25) is 0 Å². The van der Waals surface area contributed by atoms with E-state index in [0.29, 0.717) is 18.1 Å². The number of rotatable bonds is 7. The number of nitrogens with zero attached hydrogens (tertiary/aromatic N) is 2. The van der Waals surface area contributed by atoms with Gasteiger partial charge in [-0.3, -0.25) is 9.59 Å². The molecule has 28 heavy (non-hydrogen) atoms. The highest BCUT2D eigenvalue weighted by Crippen LogP contribution is 2.20. The zero-order chi connectivity index (χ0) is 19.8. The smallest absolute Gasteiger partial charge is 0.271 e. The molecule has 0 aliphatic heterocycles. The second kappa shape index (κ2) is 9.64. The summed E-state index contributed by atoms with van der Waals surface area (Å²) in [6, 6.07) is 7.27. The highest BCUT2D eigenvalue weighted by Gasteiger charge is 2.09. The minimum atomic E-state index is -0.219.